The summed E-state index contributed by atoms with van der Waals surface area (Å²) in [5.41, 5.74) is -14.3. The van der Waals surface area contributed by atoms with Crippen LogP contribution in [0.2, 0.25) is 0 Å². The van der Waals surface area contributed by atoms with Gasteiger partial charge in [0.05, 0.1) is 0 Å². The van der Waals surface area contributed by atoms with Crippen LogP contribution in [-0.4, -0.2) is 56.1 Å². The lowest BCUT2D eigenvalue weighted by Crippen LogP contribution is -2.91. The highest BCUT2D eigenvalue weighted by Gasteiger charge is 2.97. The van der Waals surface area contributed by atoms with Crippen molar-refractivity contribution in [2.24, 2.45) is 33.5 Å². The zero-order valence-corrected chi connectivity index (χ0v) is 23.2. The van der Waals surface area contributed by atoms with E-state index < -0.39 is 85.8 Å². The van der Waals surface area contributed by atoms with Crippen LogP contribution in [0.4, 0.5) is 0 Å². The Kier molecular flexibility index (Phi) is 6.45. The van der Waals surface area contributed by atoms with Gasteiger partial charge < -0.3 is 10.2 Å². The smallest absolute Gasteiger partial charge is 0.179 e. The molecule has 208 valence electrons. The maximum Gasteiger partial charge on any atom is 0.179 e. The van der Waals surface area contributed by atoms with Crippen LogP contribution in [-0.2, 0) is 28.8 Å². The average Bonchev–Trinajstić information content (AvgIpc) is 2.96. The normalized spacial score (nSPS) is 45.1. The molecule has 7 rings (SSSR count). The molecule has 0 heterocycles. The highest BCUT2D eigenvalue weighted by molar-refractivity contribution is 6.41. The third-order valence-electron chi connectivity index (χ3n) is 9.95. The van der Waals surface area contributed by atoms with Gasteiger partial charge in [-0.05, 0) is 65.0 Å². The molecule has 0 radical (unpaired) electrons. The van der Waals surface area contributed by atoms with Gasteiger partial charge in [-0.25, -0.2) is 0 Å². The Labute approximate surface area is 227 Å². The first-order valence-corrected chi connectivity index (χ1v) is 13.4. The van der Waals surface area contributed by atoms with Crippen molar-refractivity contribution in [1.29, 1.82) is 0 Å². The van der Waals surface area contributed by atoms with E-state index in [-0.39, 0.29) is 0 Å². The third-order valence-corrected chi connectivity index (χ3v) is 9.95. The number of fused-ring (bicyclic) bond motifs is 3. The fourth-order valence-corrected chi connectivity index (χ4v) is 8.53. The zero-order chi connectivity index (χ0) is 29.4. The van der Waals surface area contributed by atoms with Gasteiger partial charge in [-0.3, -0.25) is 28.8 Å². The van der Waals surface area contributed by atoms with Crippen LogP contribution in [0.25, 0.3) is 0 Å². The first-order chi connectivity index (χ1) is 18.0. The minimum absolute atomic E-state index is 0.483. The molecule has 7 aliphatic carbocycles. The van der Waals surface area contributed by atoms with Crippen LogP contribution in [0.15, 0.2) is 48.6 Å². The van der Waals surface area contributed by atoms with E-state index in [4.69, 9.17) is 0 Å². The van der Waals surface area contributed by atoms with Gasteiger partial charge in [0.25, 0.3) is 0 Å². The summed E-state index contributed by atoms with van der Waals surface area (Å²) in [6, 6.07) is 0. The summed E-state index contributed by atoms with van der Waals surface area (Å²) in [7, 11) is 0. The van der Waals surface area contributed by atoms with Crippen LogP contribution in [0, 0.1) is 33.5 Å². The number of Topliss-reactive ketones (excluding diaryl/α,β-unsaturated/α-hetero) is 4. The van der Waals surface area contributed by atoms with Crippen molar-refractivity contribution in [3.8, 4) is 0 Å². The SMILES string of the molecule is CC/C=C/C=CC(=O)[C@]12C(=O)[C@]3(C)C(=O)[C@@](C)(O)[C@H]1C1C[C@@](C)(O)C(=O)[C@@]2(C)C(=O)[C@@]13C(=O)/C=C/C=C/CC. The minimum atomic E-state index is -2.51. The Bertz CT molecular complexity index is 1330. The number of allylic oxidation sites excluding steroid dienone is 8. The molecule has 0 aromatic rings. The van der Waals surface area contributed by atoms with Gasteiger partial charge in [-0.1, -0.05) is 50.3 Å². The average molecular weight is 537 g/mol. The number of ketones is 6. The molecule has 8 nitrogen and oxygen atoms in total. The van der Waals surface area contributed by atoms with E-state index in [1.165, 1.54) is 26.0 Å². The van der Waals surface area contributed by atoms with Crippen LogP contribution in [0.5, 0.6) is 0 Å². The maximum atomic E-state index is 14.7. The quantitative estimate of drug-likeness (QED) is 0.274. The van der Waals surface area contributed by atoms with Gasteiger partial charge in [-0.2, -0.15) is 0 Å². The molecule has 7 saturated carbocycles. The molecule has 0 aromatic heterocycles. The Morgan fingerprint density at radius 2 is 1.15 bits per heavy atom. The van der Waals surface area contributed by atoms with Crippen LogP contribution in [0.1, 0.15) is 60.8 Å². The van der Waals surface area contributed by atoms with E-state index in [0.29, 0.717) is 12.8 Å². The Balaban J connectivity index is 2.16. The van der Waals surface area contributed by atoms with Crippen molar-refractivity contribution < 1.29 is 39.0 Å². The van der Waals surface area contributed by atoms with Crippen molar-refractivity contribution in [2.75, 3.05) is 0 Å². The lowest BCUT2D eigenvalue weighted by atomic mass is 9.22. The fraction of sp³-hybridized carbons (Fsp3) is 0.548. The standard InChI is InChI=1S/C31H36O8/c1-7-9-11-13-15-19(32)30-18-17-26(3,38)22(34)27(4,24(30)36)31(20(33)16-14-12-10-8-2)21(18)29(6,39)23(35)28(30,5)25(31)37/h9-16,18,21,38-39H,7-8,17H2,1-6H3/b11-9+,12-10+,15-13+,16-14?/t18?,21-,26-,27+,28+,29+,30+,31-/m1/s1. The van der Waals surface area contributed by atoms with Crippen molar-refractivity contribution in [3.05, 3.63) is 48.6 Å². The van der Waals surface area contributed by atoms with Crippen LogP contribution in [0.3, 0.4) is 0 Å². The number of hydrogen-bond donors (Lipinski definition) is 2. The van der Waals surface area contributed by atoms with E-state index >= 15 is 0 Å². The molecule has 39 heavy (non-hydrogen) atoms. The van der Waals surface area contributed by atoms with E-state index in [2.05, 4.69) is 0 Å². The topological polar surface area (TPSA) is 143 Å². The predicted octanol–water partition coefficient (Wildman–Crippen LogP) is 2.61. The molecule has 8 heteroatoms. The molecule has 0 saturated heterocycles. The number of carbonyl (C=O) groups is 6. The van der Waals surface area contributed by atoms with Gasteiger partial charge in [0, 0.05) is 5.92 Å². The van der Waals surface area contributed by atoms with Crippen molar-refractivity contribution >= 4 is 34.7 Å². The van der Waals surface area contributed by atoms with Gasteiger partial charge in [0.1, 0.15) is 32.9 Å². The largest absolute Gasteiger partial charge is 0.382 e. The Morgan fingerprint density at radius 1 is 0.718 bits per heavy atom. The molecule has 6 bridgehead atoms. The second kappa shape index (κ2) is 8.70. The zero-order valence-electron chi connectivity index (χ0n) is 23.2. The summed E-state index contributed by atoms with van der Waals surface area (Å²) in [6.45, 7) is 8.41. The van der Waals surface area contributed by atoms with Gasteiger partial charge in [0.15, 0.2) is 34.7 Å². The van der Waals surface area contributed by atoms with Gasteiger partial charge in [0.2, 0.25) is 0 Å². The summed E-state index contributed by atoms with van der Waals surface area (Å²) in [4.78, 5) is 85.8. The molecular formula is C31H36O8. The fourth-order valence-electron chi connectivity index (χ4n) is 8.53. The first-order valence-electron chi connectivity index (χ1n) is 13.4. The van der Waals surface area contributed by atoms with Crippen LogP contribution < -0.4 is 0 Å². The van der Waals surface area contributed by atoms with Gasteiger partial charge in [-0.15, -0.1) is 0 Å². The number of rotatable bonds is 8. The monoisotopic (exact) mass is 536 g/mol. The lowest BCUT2D eigenvalue weighted by molar-refractivity contribution is -0.257. The summed E-state index contributed by atoms with van der Waals surface area (Å²) >= 11 is 0. The van der Waals surface area contributed by atoms with E-state index in [1.807, 2.05) is 13.8 Å². The molecule has 0 aliphatic heterocycles. The second-order valence-corrected chi connectivity index (χ2v) is 12.0. The van der Waals surface area contributed by atoms with Crippen molar-refractivity contribution in [1.82, 2.24) is 0 Å². The predicted molar refractivity (Wildman–Crippen MR) is 141 cm³/mol. The number of hydrogen-bond acceptors (Lipinski definition) is 8. The maximum absolute atomic E-state index is 14.7. The minimum Gasteiger partial charge on any atom is -0.382 e. The first kappa shape index (κ1) is 28.9. The Morgan fingerprint density at radius 3 is 1.64 bits per heavy atom. The van der Waals surface area contributed by atoms with E-state index in [9.17, 15) is 39.0 Å². The molecule has 1 unspecified atom stereocenters. The lowest BCUT2D eigenvalue weighted by Gasteiger charge is -2.74. The molecule has 0 aromatic carbocycles. The Hall–Kier alpha value is -3.10. The number of carbonyl (C=O) groups excluding carboxylic acids is 6. The van der Waals surface area contributed by atoms with Crippen molar-refractivity contribution in [2.45, 2.75) is 72.0 Å². The molecule has 7 aliphatic rings. The molecule has 7 fully saturated rings. The summed E-state index contributed by atoms with van der Waals surface area (Å²) in [6.07, 6.45) is 12.5. The van der Waals surface area contributed by atoms with E-state index in [0.717, 1.165) is 26.0 Å². The highest BCUT2D eigenvalue weighted by atomic mass is 16.3. The summed E-state index contributed by atoms with van der Waals surface area (Å²) < 4.78 is 0. The third kappa shape index (κ3) is 2.91. The van der Waals surface area contributed by atoms with Crippen LogP contribution >= 0.6 is 0 Å². The summed E-state index contributed by atoms with van der Waals surface area (Å²) in [5.74, 6) is -8.86. The molecular weight excluding hydrogens is 500 g/mol. The number of aliphatic hydroxyl groups is 2. The van der Waals surface area contributed by atoms with Crippen molar-refractivity contribution in [3.63, 3.8) is 0 Å². The molecule has 2 N–H and O–H groups in total. The molecule has 0 spiro atoms. The molecule has 8 atom stereocenters. The van der Waals surface area contributed by atoms with E-state index in [1.54, 1.807) is 24.3 Å². The van der Waals surface area contributed by atoms with Gasteiger partial charge >= 0.3 is 0 Å². The summed E-state index contributed by atoms with van der Waals surface area (Å²) in [5, 5.41) is 23.2. The highest BCUT2D eigenvalue weighted by Crippen LogP contribution is 2.81. The second-order valence-electron chi connectivity index (χ2n) is 12.0. The molecule has 0 amide bonds.